The molecule has 2 amide bonds. The average molecular weight is 521 g/mol. The number of fused-ring (bicyclic) bond motifs is 1. The molecule has 1 aliphatic rings. The smallest absolute Gasteiger partial charge is 0.475 e. The Morgan fingerprint density at radius 1 is 1.24 bits per heavy atom. The van der Waals surface area contributed by atoms with E-state index in [1.54, 1.807) is 54.4 Å². The molecule has 1 aliphatic heterocycles. The van der Waals surface area contributed by atoms with E-state index < -0.39 is 24.6 Å². The van der Waals surface area contributed by atoms with E-state index in [-0.39, 0.29) is 31.2 Å². The van der Waals surface area contributed by atoms with E-state index in [9.17, 15) is 19.6 Å². The predicted molar refractivity (Wildman–Crippen MR) is 142 cm³/mol. The monoisotopic (exact) mass is 521 g/mol. The Kier molecular flexibility index (Phi) is 8.33. The van der Waals surface area contributed by atoms with Crippen LogP contribution in [0.2, 0.25) is 0 Å². The van der Waals surface area contributed by atoms with Crippen molar-refractivity contribution in [3.63, 3.8) is 0 Å². The highest BCUT2D eigenvalue weighted by Crippen LogP contribution is 2.30. The lowest BCUT2D eigenvalue weighted by molar-refractivity contribution is -0.144. The first kappa shape index (κ1) is 27.1. The van der Waals surface area contributed by atoms with Crippen LogP contribution in [0, 0.1) is 5.92 Å². The minimum Gasteiger partial charge on any atom is -0.497 e. The van der Waals surface area contributed by atoms with Crippen molar-refractivity contribution in [3.05, 3.63) is 66.1 Å². The van der Waals surface area contributed by atoms with Crippen LogP contribution in [0.15, 0.2) is 60.1 Å². The number of nitrogens with zero attached hydrogens (tertiary/aromatic N) is 3. The van der Waals surface area contributed by atoms with Gasteiger partial charge in [0.1, 0.15) is 11.4 Å². The molecule has 38 heavy (non-hydrogen) atoms. The van der Waals surface area contributed by atoms with Gasteiger partial charge in [-0.25, -0.2) is 4.98 Å². The van der Waals surface area contributed by atoms with E-state index >= 15 is 0 Å². The van der Waals surface area contributed by atoms with Crippen LogP contribution in [0.4, 0.5) is 0 Å². The maximum Gasteiger partial charge on any atom is 0.475 e. The molecule has 0 bridgehead atoms. The van der Waals surface area contributed by atoms with E-state index in [1.165, 1.54) is 0 Å². The first-order valence-corrected chi connectivity index (χ1v) is 12.4. The second kappa shape index (κ2) is 11.7. The van der Waals surface area contributed by atoms with Gasteiger partial charge < -0.3 is 34.7 Å². The Bertz CT molecular complexity index is 1330. The number of methoxy groups -OCH3 is 1. The molecule has 2 aromatic heterocycles. The molecule has 0 fully saturated rings. The lowest BCUT2D eigenvalue weighted by atomic mass is 9.74. The molecule has 0 saturated heterocycles. The third kappa shape index (κ3) is 6.14. The van der Waals surface area contributed by atoms with E-state index in [0.29, 0.717) is 29.1 Å². The van der Waals surface area contributed by atoms with Crippen molar-refractivity contribution in [1.82, 2.24) is 20.0 Å². The molecule has 200 valence electrons. The second-order valence-corrected chi connectivity index (χ2v) is 9.83. The van der Waals surface area contributed by atoms with Crippen LogP contribution in [-0.4, -0.2) is 69.3 Å². The topological polar surface area (TPSA) is 147 Å². The number of imidazole rings is 1. The number of nitrogens with one attached hydrogen (secondary N) is 2. The van der Waals surface area contributed by atoms with E-state index in [2.05, 4.69) is 20.8 Å². The molecule has 4 rings (SSSR count). The maximum atomic E-state index is 13.6. The summed E-state index contributed by atoms with van der Waals surface area (Å²) in [6.45, 7) is 3.91. The zero-order valence-electron chi connectivity index (χ0n) is 21.6. The molecule has 2 atom stereocenters. The summed E-state index contributed by atoms with van der Waals surface area (Å²) in [5.74, 6) is -0.999. The summed E-state index contributed by atoms with van der Waals surface area (Å²) >= 11 is 0. The fourth-order valence-corrected chi connectivity index (χ4v) is 4.52. The summed E-state index contributed by atoms with van der Waals surface area (Å²) in [6, 6.07) is 10.7. The Balaban J connectivity index is 1.51. The quantitative estimate of drug-likeness (QED) is 0.279. The number of benzene rings is 1. The van der Waals surface area contributed by atoms with Gasteiger partial charge in [0.25, 0.3) is 11.8 Å². The van der Waals surface area contributed by atoms with Crippen molar-refractivity contribution in [2.75, 3.05) is 13.7 Å². The molecular formula is C26H32BN5O6. The standard InChI is InChI=1S/C26H32BN5O6/c1-17(2)12-22(27(35)36)30-25(34)26(14-18-6-4-7-20(13-18)37-3)15-19(31-38-26)16-29-24(33)21-8-5-10-32-11-9-28-23(21)32/h4-11,13,17,22,35-36H,12,14-16H2,1-3H3,(H,29,33)(H,30,34). The van der Waals surface area contributed by atoms with Gasteiger partial charge in [0, 0.05) is 31.4 Å². The summed E-state index contributed by atoms with van der Waals surface area (Å²) in [4.78, 5) is 36.5. The van der Waals surface area contributed by atoms with Gasteiger partial charge in [0.05, 0.1) is 30.9 Å². The fourth-order valence-electron chi connectivity index (χ4n) is 4.52. The van der Waals surface area contributed by atoms with Gasteiger partial charge in [-0.15, -0.1) is 0 Å². The first-order valence-electron chi connectivity index (χ1n) is 12.4. The molecule has 0 aliphatic carbocycles. The summed E-state index contributed by atoms with van der Waals surface area (Å²) < 4.78 is 7.06. The Hall–Kier alpha value is -3.90. The highest BCUT2D eigenvalue weighted by Gasteiger charge is 2.48. The van der Waals surface area contributed by atoms with Crippen LogP contribution in [0.1, 0.15) is 42.6 Å². The van der Waals surface area contributed by atoms with Crippen molar-refractivity contribution in [2.45, 2.75) is 44.7 Å². The van der Waals surface area contributed by atoms with Gasteiger partial charge in [0.2, 0.25) is 5.60 Å². The number of carbonyl (C=O) groups excluding carboxylic acids is 2. The Morgan fingerprint density at radius 2 is 2.05 bits per heavy atom. The highest BCUT2D eigenvalue weighted by molar-refractivity contribution is 6.43. The van der Waals surface area contributed by atoms with Crippen LogP contribution in [0.25, 0.3) is 5.65 Å². The Labute approximate surface area is 221 Å². The number of ether oxygens (including phenoxy) is 1. The number of pyridine rings is 1. The maximum absolute atomic E-state index is 13.6. The van der Waals surface area contributed by atoms with Gasteiger partial charge in [-0.1, -0.05) is 31.1 Å². The summed E-state index contributed by atoms with van der Waals surface area (Å²) in [5, 5.41) is 29.4. The molecule has 3 aromatic rings. The molecule has 11 nitrogen and oxygen atoms in total. The number of hydrogen-bond acceptors (Lipinski definition) is 8. The number of hydrogen-bond donors (Lipinski definition) is 4. The van der Waals surface area contributed by atoms with E-state index in [0.717, 1.165) is 5.56 Å². The summed E-state index contributed by atoms with van der Waals surface area (Å²) in [6.07, 6.45) is 5.78. The highest BCUT2D eigenvalue weighted by atomic mass is 16.7. The fraction of sp³-hybridized carbons (Fsp3) is 0.385. The number of oxime groups is 1. The molecular weight excluding hydrogens is 489 g/mol. The van der Waals surface area contributed by atoms with Gasteiger partial charge in [-0.05, 0) is 42.2 Å². The van der Waals surface area contributed by atoms with Crippen molar-refractivity contribution in [2.24, 2.45) is 11.1 Å². The Morgan fingerprint density at radius 3 is 2.79 bits per heavy atom. The first-order chi connectivity index (χ1) is 18.2. The zero-order valence-corrected chi connectivity index (χ0v) is 21.6. The third-order valence-corrected chi connectivity index (χ3v) is 6.40. The van der Waals surface area contributed by atoms with Gasteiger partial charge >= 0.3 is 7.12 Å². The summed E-state index contributed by atoms with van der Waals surface area (Å²) in [7, 11) is -0.178. The van der Waals surface area contributed by atoms with Crippen LogP contribution in [-0.2, 0) is 16.1 Å². The van der Waals surface area contributed by atoms with Crippen molar-refractivity contribution >= 4 is 30.3 Å². The number of amides is 2. The lowest BCUT2D eigenvalue weighted by Gasteiger charge is -2.29. The summed E-state index contributed by atoms with van der Waals surface area (Å²) in [5.41, 5.74) is 0.734. The minimum atomic E-state index is -1.73. The van der Waals surface area contributed by atoms with Crippen molar-refractivity contribution < 1.29 is 29.2 Å². The zero-order chi connectivity index (χ0) is 27.3. The largest absolute Gasteiger partial charge is 0.497 e. The van der Waals surface area contributed by atoms with E-state index in [4.69, 9.17) is 9.57 Å². The van der Waals surface area contributed by atoms with Crippen LogP contribution < -0.4 is 15.4 Å². The number of aromatic nitrogens is 2. The van der Waals surface area contributed by atoms with Crippen LogP contribution in [0.3, 0.4) is 0 Å². The van der Waals surface area contributed by atoms with Crippen molar-refractivity contribution in [1.29, 1.82) is 0 Å². The molecule has 0 saturated carbocycles. The SMILES string of the molecule is COc1cccc(CC2(C(=O)NC(CC(C)C)B(O)O)CC(CNC(=O)c3cccn4ccnc34)=NO2)c1. The average Bonchev–Trinajstić information content (AvgIpc) is 3.54. The molecule has 0 radical (unpaired) electrons. The third-order valence-electron chi connectivity index (χ3n) is 6.40. The number of rotatable bonds is 11. The minimum absolute atomic E-state index is 0.0613. The van der Waals surface area contributed by atoms with E-state index in [1.807, 2.05) is 26.0 Å². The lowest BCUT2D eigenvalue weighted by Crippen LogP contribution is -2.56. The molecule has 0 spiro atoms. The normalized spacial score (nSPS) is 17.6. The predicted octanol–water partition coefficient (Wildman–Crippen LogP) is 1.37. The molecule has 3 heterocycles. The molecule has 4 N–H and O–H groups in total. The number of carbonyl (C=O) groups is 2. The molecule has 12 heteroatoms. The van der Waals surface area contributed by atoms with Gasteiger partial charge in [0.15, 0.2) is 0 Å². The van der Waals surface area contributed by atoms with Crippen LogP contribution in [0.5, 0.6) is 5.75 Å². The molecule has 1 aromatic carbocycles. The van der Waals surface area contributed by atoms with Crippen molar-refractivity contribution in [3.8, 4) is 5.75 Å². The van der Waals surface area contributed by atoms with Crippen LogP contribution >= 0.6 is 0 Å². The van der Waals surface area contributed by atoms with Gasteiger partial charge in [-0.3, -0.25) is 9.59 Å². The second-order valence-electron chi connectivity index (χ2n) is 9.83. The van der Waals surface area contributed by atoms with Gasteiger partial charge in [-0.2, -0.15) is 0 Å². The molecule has 2 unspecified atom stereocenters.